The van der Waals surface area contributed by atoms with Crippen molar-refractivity contribution in [2.45, 2.75) is 13.0 Å². The molecule has 3 N–H and O–H groups in total. The van der Waals surface area contributed by atoms with E-state index < -0.39 is 6.10 Å². The molecule has 1 aromatic heterocycles. The second kappa shape index (κ2) is 11.7. The third kappa shape index (κ3) is 5.76. The number of aromatic amines is 1. The van der Waals surface area contributed by atoms with Crippen LogP contribution in [0, 0.1) is 6.92 Å². The van der Waals surface area contributed by atoms with Crippen LogP contribution in [0.1, 0.15) is 23.1 Å². The molecule has 38 heavy (non-hydrogen) atoms. The van der Waals surface area contributed by atoms with Crippen LogP contribution < -0.4 is 10.2 Å². The number of aliphatic imine (C=N–C) groups is 1. The number of Topliss-reactive ketones (excluding diaryl/α,β-unsaturated/α-hetero) is 1. The van der Waals surface area contributed by atoms with Gasteiger partial charge in [0.25, 0.3) is 0 Å². The van der Waals surface area contributed by atoms with Crippen molar-refractivity contribution in [1.29, 1.82) is 0 Å². The van der Waals surface area contributed by atoms with Gasteiger partial charge in [0.05, 0.1) is 35.0 Å². The summed E-state index contributed by atoms with van der Waals surface area (Å²) in [5, 5.41) is 14.4. The van der Waals surface area contributed by atoms with Crippen LogP contribution in [0.3, 0.4) is 0 Å². The molecule has 1 atom stereocenters. The Balaban J connectivity index is 1.37. The number of imidazole rings is 1. The van der Waals surface area contributed by atoms with Gasteiger partial charge in [-0.15, -0.1) is 0 Å². The van der Waals surface area contributed by atoms with Gasteiger partial charge in [-0.2, -0.15) is 0 Å². The van der Waals surface area contributed by atoms with Crippen molar-refractivity contribution in [3.63, 3.8) is 0 Å². The first-order valence-corrected chi connectivity index (χ1v) is 13.2. The number of allylic oxidation sites excluding steroid dienone is 1. The monoisotopic (exact) mass is 536 g/mol. The molecule has 0 bridgehead atoms. The molecule has 2 aromatic carbocycles. The summed E-state index contributed by atoms with van der Waals surface area (Å²) in [6.45, 7) is 7.87. The first-order valence-electron chi connectivity index (χ1n) is 12.8. The van der Waals surface area contributed by atoms with Crippen molar-refractivity contribution in [3.8, 4) is 0 Å². The second-order valence-electron chi connectivity index (χ2n) is 9.70. The Morgan fingerprint density at radius 1 is 1.21 bits per heavy atom. The van der Waals surface area contributed by atoms with Crippen LogP contribution in [0.15, 0.2) is 47.1 Å². The lowest BCUT2D eigenvalue weighted by Gasteiger charge is -2.36. The van der Waals surface area contributed by atoms with Gasteiger partial charge in [0.1, 0.15) is 12.4 Å². The molecule has 0 saturated carbocycles. The van der Waals surface area contributed by atoms with Crippen molar-refractivity contribution in [3.05, 3.63) is 64.1 Å². The minimum Gasteiger partial charge on any atom is -0.387 e. The molecule has 2 aliphatic heterocycles. The predicted octanol–water partition coefficient (Wildman–Crippen LogP) is 2.98. The molecular formula is C28H33ClN6O3. The molecule has 1 fully saturated rings. The van der Waals surface area contributed by atoms with Gasteiger partial charge < -0.3 is 25.0 Å². The van der Waals surface area contributed by atoms with E-state index in [1.165, 1.54) is 0 Å². The highest BCUT2D eigenvalue weighted by molar-refractivity contribution is 6.30. The number of carbonyl (C=O) groups excluding carboxylic acids is 1. The van der Waals surface area contributed by atoms with Gasteiger partial charge in [-0.05, 0) is 42.3 Å². The van der Waals surface area contributed by atoms with Crippen LogP contribution in [0.2, 0.25) is 5.02 Å². The molecule has 10 heteroatoms. The number of aryl methyl sites for hydroxylation is 1. The normalized spacial score (nSPS) is 17.5. The van der Waals surface area contributed by atoms with E-state index in [-0.39, 0.29) is 18.9 Å². The molecule has 2 aliphatic rings. The SMILES string of the molecule is COCCN1CCN(c2cc(C)c3nc(C4=C(NC[C@@H](O)c5cccc(Cl)c5)C=NCC4=O)[nH]c3c2)CC1. The van der Waals surface area contributed by atoms with E-state index in [1.54, 1.807) is 31.5 Å². The van der Waals surface area contributed by atoms with Gasteiger partial charge in [0, 0.05) is 63.3 Å². The molecule has 1 saturated heterocycles. The van der Waals surface area contributed by atoms with E-state index >= 15 is 0 Å². The standard InChI is InChI=1S/C28H33ClN6O3/c1-18-12-21(35-8-6-34(7-9-35)10-11-38-2)14-22-27(18)33-28(32-22)26-23(15-30-16-25(26)37)31-17-24(36)19-4-3-5-20(29)13-19/h3-5,12-15,24,31,36H,6-11,16-17H2,1-2H3,(H,32,33)/t24-/m1/s1. The summed E-state index contributed by atoms with van der Waals surface area (Å²) >= 11 is 6.07. The summed E-state index contributed by atoms with van der Waals surface area (Å²) in [4.78, 5) is 30.2. The lowest BCUT2D eigenvalue weighted by molar-refractivity contribution is -0.112. The fourth-order valence-electron chi connectivity index (χ4n) is 4.97. The van der Waals surface area contributed by atoms with E-state index in [9.17, 15) is 9.90 Å². The van der Waals surface area contributed by atoms with Gasteiger partial charge in [0.15, 0.2) is 5.78 Å². The highest BCUT2D eigenvalue weighted by Crippen LogP contribution is 2.29. The largest absolute Gasteiger partial charge is 0.387 e. The second-order valence-corrected chi connectivity index (χ2v) is 10.1. The summed E-state index contributed by atoms with van der Waals surface area (Å²) in [5.41, 5.74) is 5.59. The number of piperazine rings is 1. The number of benzene rings is 2. The van der Waals surface area contributed by atoms with Crippen LogP contribution in [0.25, 0.3) is 16.6 Å². The number of carbonyl (C=O) groups is 1. The number of aliphatic hydroxyl groups excluding tert-OH is 1. The number of hydrogen-bond donors (Lipinski definition) is 3. The van der Waals surface area contributed by atoms with Gasteiger partial charge in [-0.3, -0.25) is 14.7 Å². The molecule has 3 heterocycles. The number of halogens is 1. The number of H-pyrrole nitrogens is 1. The highest BCUT2D eigenvalue weighted by atomic mass is 35.5. The number of fused-ring (bicyclic) bond motifs is 1. The van der Waals surface area contributed by atoms with E-state index in [0.29, 0.717) is 27.7 Å². The lowest BCUT2D eigenvalue weighted by atomic mass is 10.1. The van der Waals surface area contributed by atoms with Crippen molar-refractivity contribution >= 4 is 45.9 Å². The van der Waals surface area contributed by atoms with Crippen LogP contribution in [-0.4, -0.2) is 91.5 Å². The number of methoxy groups -OCH3 is 1. The Morgan fingerprint density at radius 2 is 2.03 bits per heavy atom. The zero-order valence-electron chi connectivity index (χ0n) is 21.7. The average molecular weight is 537 g/mol. The zero-order chi connectivity index (χ0) is 26.6. The number of nitrogens with zero attached hydrogens (tertiary/aromatic N) is 4. The Morgan fingerprint density at radius 3 is 2.79 bits per heavy atom. The molecule has 0 spiro atoms. The number of rotatable bonds is 9. The number of aliphatic hydroxyl groups is 1. The summed E-state index contributed by atoms with van der Waals surface area (Å²) < 4.78 is 5.21. The van der Waals surface area contributed by atoms with Crippen molar-refractivity contribution in [1.82, 2.24) is 20.2 Å². The van der Waals surface area contributed by atoms with E-state index in [2.05, 4.69) is 37.2 Å². The number of anilines is 1. The average Bonchev–Trinajstić information content (AvgIpc) is 3.35. The minimum atomic E-state index is -0.802. The molecule has 200 valence electrons. The quantitative estimate of drug-likeness (QED) is 0.386. The molecule has 0 amide bonds. The van der Waals surface area contributed by atoms with E-state index in [1.807, 2.05) is 13.0 Å². The van der Waals surface area contributed by atoms with Crippen LogP contribution >= 0.6 is 11.6 Å². The highest BCUT2D eigenvalue weighted by Gasteiger charge is 2.25. The molecule has 0 radical (unpaired) electrons. The van der Waals surface area contributed by atoms with Crippen LogP contribution in [-0.2, 0) is 9.53 Å². The van der Waals surface area contributed by atoms with Gasteiger partial charge in [-0.1, -0.05) is 23.7 Å². The fraction of sp³-hybridized carbons (Fsp3) is 0.393. The van der Waals surface area contributed by atoms with Crippen LogP contribution in [0.5, 0.6) is 0 Å². The molecule has 9 nitrogen and oxygen atoms in total. The number of ether oxygens (including phenoxy) is 1. The minimum absolute atomic E-state index is 0.0615. The maximum atomic E-state index is 13.0. The Kier molecular flexibility index (Phi) is 8.09. The Bertz CT molecular complexity index is 1380. The molecule has 0 unspecified atom stereocenters. The van der Waals surface area contributed by atoms with Gasteiger partial charge >= 0.3 is 0 Å². The van der Waals surface area contributed by atoms with E-state index in [0.717, 1.165) is 61.6 Å². The number of nitrogens with one attached hydrogen (secondary N) is 2. The number of dihydropyridines is 1. The van der Waals surface area contributed by atoms with Gasteiger partial charge in [-0.25, -0.2) is 4.98 Å². The summed E-state index contributed by atoms with van der Waals surface area (Å²) in [7, 11) is 1.74. The Labute approximate surface area is 227 Å². The third-order valence-corrected chi connectivity index (χ3v) is 7.31. The number of hydrogen-bond acceptors (Lipinski definition) is 8. The number of ketones is 1. The topological polar surface area (TPSA) is 106 Å². The third-order valence-electron chi connectivity index (χ3n) is 7.07. The first-order chi connectivity index (χ1) is 18.4. The zero-order valence-corrected chi connectivity index (χ0v) is 22.5. The lowest BCUT2D eigenvalue weighted by Crippen LogP contribution is -2.47. The summed E-state index contributed by atoms with van der Waals surface area (Å²) in [6, 6.07) is 11.4. The first kappa shape index (κ1) is 26.4. The number of aromatic nitrogens is 2. The van der Waals surface area contributed by atoms with Crippen molar-refractivity contribution in [2.75, 3.05) is 64.4 Å². The fourth-order valence-corrected chi connectivity index (χ4v) is 5.17. The molecule has 0 aliphatic carbocycles. The van der Waals surface area contributed by atoms with E-state index in [4.69, 9.17) is 21.3 Å². The molecular weight excluding hydrogens is 504 g/mol. The van der Waals surface area contributed by atoms with Crippen molar-refractivity contribution < 1.29 is 14.6 Å². The van der Waals surface area contributed by atoms with Gasteiger partial charge in [0.2, 0.25) is 0 Å². The molecule has 3 aromatic rings. The smallest absolute Gasteiger partial charge is 0.190 e. The predicted molar refractivity (Wildman–Crippen MR) is 151 cm³/mol. The summed E-state index contributed by atoms with van der Waals surface area (Å²) in [6.07, 6.45) is 0.832. The molecule has 5 rings (SSSR count). The Hall–Kier alpha value is -3.24. The van der Waals surface area contributed by atoms with Crippen molar-refractivity contribution in [2.24, 2.45) is 4.99 Å². The maximum Gasteiger partial charge on any atom is 0.190 e. The maximum absolute atomic E-state index is 13.0. The van der Waals surface area contributed by atoms with Crippen LogP contribution in [0.4, 0.5) is 5.69 Å². The summed E-state index contributed by atoms with van der Waals surface area (Å²) in [5.74, 6) is 0.372.